The van der Waals surface area contributed by atoms with Crippen molar-refractivity contribution < 1.29 is 0 Å². The summed E-state index contributed by atoms with van der Waals surface area (Å²) in [6.07, 6.45) is 3.92. The van der Waals surface area contributed by atoms with Crippen molar-refractivity contribution in [3.8, 4) is 22.4 Å². The fourth-order valence-electron chi connectivity index (χ4n) is 5.31. The highest BCUT2D eigenvalue weighted by Crippen LogP contribution is 2.40. The molecule has 1 aliphatic rings. The van der Waals surface area contributed by atoms with E-state index in [2.05, 4.69) is 37.8 Å². The van der Waals surface area contributed by atoms with Gasteiger partial charge in [-0.2, -0.15) is 0 Å². The van der Waals surface area contributed by atoms with E-state index in [9.17, 15) is 4.79 Å². The van der Waals surface area contributed by atoms with Gasteiger partial charge in [0.15, 0.2) is 5.43 Å². The molecule has 1 fully saturated rings. The zero-order chi connectivity index (χ0) is 25.6. The van der Waals surface area contributed by atoms with Crippen LogP contribution in [0.4, 0.5) is 0 Å². The third-order valence-corrected chi connectivity index (χ3v) is 8.24. The molecule has 2 aromatic carbocycles. The van der Waals surface area contributed by atoms with Crippen molar-refractivity contribution in [3.05, 3.63) is 97.7 Å². The van der Waals surface area contributed by atoms with Crippen molar-refractivity contribution in [2.45, 2.75) is 45.1 Å². The summed E-state index contributed by atoms with van der Waals surface area (Å²) in [6.45, 7) is 8.87. The summed E-state index contributed by atoms with van der Waals surface area (Å²) < 4.78 is 2.03. The molecule has 0 aliphatic carbocycles. The maximum absolute atomic E-state index is 13.3. The van der Waals surface area contributed by atoms with E-state index in [1.54, 1.807) is 24.3 Å². The molecular weight excluding hydrogens is 511 g/mol. The van der Waals surface area contributed by atoms with E-state index in [1.807, 2.05) is 34.9 Å². The first-order valence-corrected chi connectivity index (χ1v) is 13.4. The van der Waals surface area contributed by atoms with Crippen molar-refractivity contribution in [2.75, 3.05) is 13.1 Å². The Hall–Kier alpha value is -2.30. The maximum Gasteiger partial charge on any atom is 0.190 e. The van der Waals surface area contributed by atoms with E-state index in [4.69, 9.17) is 34.8 Å². The third kappa shape index (κ3) is 4.70. The fraction of sp³-hybridized carbons (Fsp3) is 0.300. The molecule has 3 heterocycles. The summed E-state index contributed by atoms with van der Waals surface area (Å²) in [4.78, 5) is 15.9. The van der Waals surface area contributed by atoms with Crippen molar-refractivity contribution in [3.63, 3.8) is 0 Å². The van der Waals surface area contributed by atoms with Crippen LogP contribution in [-0.4, -0.2) is 27.9 Å². The van der Waals surface area contributed by atoms with Crippen molar-refractivity contribution in [1.29, 1.82) is 0 Å². The predicted octanol–water partition coefficient (Wildman–Crippen LogP) is 8.57. The molecule has 4 aromatic rings. The van der Waals surface area contributed by atoms with E-state index in [-0.39, 0.29) is 11.0 Å². The molecule has 1 aliphatic heterocycles. The lowest BCUT2D eigenvalue weighted by molar-refractivity contribution is 0.102. The van der Waals surface area contributed by atoms with Gasteiger partial charge in [0.05, 0.1) is 26.8 Å². The summed E-state index contributed by atoms with van der Waals surface area (Å²) in [5, 5.41) is 1.57. The van der Waals surface area contributed by atoms with Gasteiger partial charge in [-0.1, -0.05) is 59.1 Å². The van der Waals surface area contributed by atoms with Gasteiger partial charge in [0.25, 0.3) is 0 Å². The van der Waals surface area contributed by atoms with E-state index >= 15 is 0 Å². The molecule has 0 N–H and O–H groups in total. The summed E-state index contributed by atoms with van der Waals surface area (Å²) in [5.74, 6) is 0.375. The maximum atomic E-state index is 13.3. The second-order valence-corrected chi connectivity index (χ2v) is 11.7. The van der Waals surface area contributed by atoms with E-state index in [0.29, 0.717) is 32.1 Å². The SMILES string of the molecule is CC(C)(C)N1CCC(c2cc(-c3ccccc3Cl)n3ccc(=O)c(-c4c(Cl)cccc4Cl)c3c2)CC1. The fourth-order valence-corrected chi connectivity index (χ4v) is 6.13. The number of hydrogen-bond donors (Lipinski definition) is 0. The number of hydrogen-bond acceptors (Lipinski definition) is 2. The van der Waals surface area contributed by atoms with Crippen LogP contribution in [0.15, 0.2) is 71.7 Å². The topological polar surface area (TPSA) is 24.7 Å². The van der Waals surface area contributed by atoms with Crippen LogP contribution in [0.3, 0.4) is 0 Å². The summed E-state index contributed by atoms with van der Waals surface area (Å²) in [7, 11) is 0. The van der Waals surface area contributed by atoms with Gasteiger partial charge in [-0.05, 0) is 88.5 Å². The average Bonchev–Trinajstić information content (AvgIpc) is 2.84. The number of aromatic nitrogens is 1. The second-order valence-electron chi connectivity index (χ2n) is 10.5. The Labute approximate surface area is 227 Å². The first-order valence-electron chi connectivity index (χ1n) is 12.3. The van der Waals surface area contributed by atoms with Crippen LogP contribution in [0.2, 0.25) is 15.1 Å². The smallest absolute Gasteiger partial charge is 0.190 e. The Kier molecular flexibility index (Phi) is 6.95. The molecule has 0 amide bonds. The Morgan fingerprint density at radius 1 is 0.806 bits per heavy atom. The molecule has 1 saturated heterocycles. The molecule has 2 aromatic heterocycles. The minimum atomic E-state index is -0.116. The van der Waals surface area contributed by atoms with Crippen molar-refractivity contribution >= 4 is 40.3 Å². The monoisotopic (exact) mass is 538 g/mol. The second kappa shape index (κ2) is 9.87. The molecule has 3 nitrogen and oxygen atoms in total. The number of likely N-dealkylation sites (tertiary alicyclic amines) is 1. The highest BCUT2D eigenvalue weighted by atomic mass is 35.5. The van der Waals surface area contributed by atoms with Crippen LogP contribution in [0.25, 0.3) is 27.9 Å². The van der Waals surface area contributed by atoms with E-state index in [0.717, 1.165) is 42.7 Å². The van der Waals surface area contributed by atoms with Crippen molar-refractivity contribution in [2.24, 2.45) is 0 Å². The molecule has 0 atom stereocenters. The Balaban J connectivity index is 1.76. The lowest BCUT2D eigenvalue weighted by Crippen LogP contribution is -2.45. The molecule has 36 heavy (non-hydrogen) atoms. The molecule has 0 radical (unpaired) electrons. The number of benzene rings is 2. The first-order chi connectivity index (χ1) is 17.1. The Morgan fingerprint density at radius 3 is 2.08 bits per heavy atom. The number of rotatable bonds is 3. The van der Waals surface area contributed by atoms with E-state index < -0.39 is 0 Å². The number of fused-ring (bicyclic) bond motifs is 1. The van der Waals surface area contributed by atoms with Gasteiger partial charge in [-0.15, -0.1) is 0 Å². The van der Waals surface area contributed by atoms with Crippen LogP contribution in [-0.2, 0) is 0 Å². The molecule has 0 spiro atoms. The van der Waals surface area contributed by atoms with Gasteiger partial charge >= 0.3 is 0 Å². The Bertz CT molecular complexity index is 1470. The summed E-state index contributed by atoms with van der Waals surface area (Å²) in [5.41, 5.74) is 4.95. The number of pyridine rings is 2. The largest absolute Gasteiger partial charge is 0.316 e. The Morgan fingerprint density at radius 2 is 1.44 bits per heavy atom. The van der Waals surface area contributed by atoms with E-state index in [1.165, 1.54) is 5.56 Å². The predicted molar refractivity (Wildman–Crippen MR) is 153 cm³/mol. The minimum absolute atomic E-state index is 0.116. The van der Waals surface area contributed by atoms with Crippen LogP contribution in [0.5, 0.6) is 0 Å². The molecular formula is C30H29Cl3N2O. The summed E-state index contributed by atoms with van der Waals surface area (Å²) in [6, 6.07) is 19.1. The van der Waals surface area contributed by atoms with Gasteiger partial charge in [-0.25, -0.2) is 0 Å². The van der Waals surface area contributed by atoms with Gasteiger partial charge < -0.3 is 4.40 Å². The van der Waals surface area contributed by atoms with Crippen LogP contribution < -0.4 is 5.43 Å². The molecule has 6 heteroatoms. The molecule has 0 bridgehead atoms. The quantitative estimate of drug-likeness (QED) is 0.260. The highest BCUT2D eigenvalue weighted by Gasteiger charge is 2.28. The van der Waals surface area contributed by atoms with Crippen LogP contribution in [0.1, 0.15) is 45.1 Å². The number of nitrogens with zero attached hydrogens (tertiary/aromatic N) is 2. The first kappa shape index (κ1) is 25.4. The zero-order valence-electron chi connectivity index (χ0n) is 20.7. The van der Waals surface area contributed by atoms with Crippen LogP contribution in [0, 0.1) is 0 Å². The highest BCUT2D eigenvalue weighted by molar-refractivity contribution is 6.39. The van der Waals surface area contributed by atoms with Gasteiger partial charge in [0, 0.05) is 34.0 Å². The molecule has 0 unspecified atom stereocenters. The summed E-state index contributed by atoms with van der Waals surface area (Å²) >= 11 is 19.9. The zero-order valence-corrected chi connectivity index (χ0v) is 23.0. The van der Waals surface area contributed by atoms with Gasteiger partial charge in [0.2, 0.25) is 0 Å². The van der Waals surface area contributed by atoms with Crippen molar-refractivity contribution in [1.82, 2.24) is 9.30 Å². The van der Waals surface area contributed by atoms with Gasteiger partial charge in [-0.3, -0.25) is 9.69 Å². The normalized spacial score (nSPS) is 15.5. The third-order valence-electron chi connectivity index (χ3n) is 7.28. The number of halogens is 3. The average molecular weight is 540 g/mol. The van der Waals surface area contributed by atoms with Crippen LogP contribution >= 0.6 is 34.8 Å². The number of piperidine rings is 1. The molecule has 186 valence electrons. The van der Waals surface area contributed by atoms with Gasteiger partial charge in [0.1, 0.15) is 0 Å². The lowest BCUT2D eigenvalue weighted by Gasteiger charge is -2.41. The minimum Gasteiger partial charge on any atom is -0.316 e. The molecule has 0 saturated carbocycles. The lowest BCUT2D eigenvalue weighted by atomic mass is 9.86. The standard InChI is InChI=1S/C30H29Cl3N2O/c1-30(2,3)34-14-11-19(12-15-34)20-17-25(21-7-4-5-8-22(21)31)35-16-13-27(36)29(26(35)18-20)28-23(32)9-6-10-24(28)33/h4-10,13,16-19H,11-12,14-15H2,1-3H3. The molecule has 5 rings (SSSR count).